The molecule has 0 aliphatic carbocycles. The lowest BCUT2D eigenvalue weighted by Crippen LogP contribution is -2.31. The topological polar surface area (TPSA) is 47.4 Å². The molecule has 0 aliphatic heterocycles. The van der Waals surface area contributed by atoms with E-state index >= 15 is 0 Å². The van der Waals surface area contributed by atoms with Crippen molar-refractivity contribution in [2.45, 2.75) is 26.9 Å². The maximum Gasteiger partial charge on any atom is 0.320 e. The van der Waals surface area contributed by atoms with E-state index in [1.807, 2.05) is 6.92 Å². The standard InChI is InChI=1S/C11H17F2N3O2/c1-3-15(8-10(17)18-4-2)7-9-14-5-6-16(9)11(12)13/h5-6,11H,3-4,7-8H2,1-2H3. The Morgan fingerprint density at radius 3 is 2.83 bits per heavy atom. The molecule has 5 nitrogen and oxygen atoms in total. The SMILES string of the molecule is CCOC(=O)CN(CC)Cc1nccn1C(F)F. The molecule has 1 aromatic heterocycles. The molecule has 0 aromatic carbocycles. The van der Waals surface area contributed by atoms with Gasteiger partial charge in [0, 0.05) is 12.4 Å². The fourth-order valence-corrected chi connectivity index (χ4v) is 1.51. The van der Waals surface area contributed by atoms with Gasteiger partial charge in [0.05, 0.1) is 19.7 Å². The zero-order valence-electron chi connectivity index (χ0n) is 10.5. The van der Waals surface area contributed by atoms with E-state index in [1.54, 1.807) is 11.8 Å². The number of imidazole rings is 1. The molecule has 0 unspecified atom stereocenters. The molecule has 1 aromatic rings. The lowest BCUT2D eigenvalue weighted by molar-refractivity contribution is -0.144. The molecular weight excluding hydrogens is 244 g/mol. The van der Waals surface area contributed by atoms with Gasteiger partial charge < -0.3 is 4.74 Å². The van der Waals surface area contributed by atoms with Gasteiger partial charge in [0.15, 0.2) is 0 Å². The summed E-state index contributed by atoms with van der Waals surface area (Å²) < 4.78 is 30.8. The molecule has 0 saturated heterocycles. The Labute approximate surface area is 104 Å². The van der Waals surface area contributed by atoms with E-state index in [-0.39, 0.29) is 24.9 Å². The number of hydrogen-bond acceptors (Lipinski definition) is 4. The molecule has 0 amide bonds. The van der Waals surface area contributed by atoms with E-state index in [9.17, 15) is 13.6 Å². The van der Waals surface area contributed by atoms with Crippen LogP contribution in [0.3, 0.4) is 0 Å². The Balaban J connectivity index is 2.62. The van der Waals surface area contributed by atoms with Crippen molar-refractivity contribution in [2.75, 3.05) is 19.7 Å². The van der Waals surface area contributed by atoms with E-state index < -0.39 is 6.55 Å². The van der Waals surface area contributed by atoms with Gasteiger partial charge in [-0.1, -0.05) is 6.92 Å². The summed E-state index contributed by atoms with van der Waals surface area (Å²) in [6.07, 6.45) is 2.54. The third kappa shape index (κ3) is 4.06. The highest BCUT2D eigenvalue weighted by atomic mass is 19.3. The fourth-order valence-electron chi connectivity index (χ4n) is 1.51. The van der Waals surface area contributed by atoms with Crippen molar-refractivity contribution in [3.63, 3.8) is 0 Å². The number of rotatable bonds is 7. The van der Waals surface area contributed by atoms with Crippen LogP contribution in [-0.2, 0) is 16.1 Å². The van der Waals surface area contributed by atoms with Crippen LogP contribution in [-0.4, -0.2) is 40.1 Å². The van der Waals surface area contributed by atoms with E-state index in [4.69, 9.17) is 4.74 Å². The number of nitrogens with zero attached hydrogens (tertiary/aromatic N) is 3. The van der Waals surface area contributed by atoms with Crippen LogP contribution in [0.4, 0.5) is 8.78 Å². The molecular formula is C11H17F2N3O2. The average molecular weight is 261 g/mol. The maximum atomic E-state index is 12.6. The number of hydrogen-bond donors (Lipinski definition) is 0. The second kappa shape index (κ2) is 7.05. The van der Waals surface area contributed by atoms with Crippen LogP contribution >= 0.6 is 0 Å². The van der Waals surface area contributed by atoms with Crippen molar-refractivity contribution >= 4 is 5.97 Å². The number of halogens is 2. The summed E-state index contributed by atoms with van der Waals surface area (Å²) >= 11 is 0. The summed E-state index contributed by atoms with van der Waals surface area (Å²) in [5.74, 6) is -0.134. The summed E-state index contributed by atoms with van der Waals surface area (Å²) in [6, 6.07) is 0. The zero-order valence-corrected chi connectivity index (χ0v) is 10.5. The molecule has 102 valence electrons. The van der Waals surface area contributed by atoms with E-state index in [2.05, 4.69) is 4.98 Å². The minimum absolute atomic E-state index is 0.0699. The van der Waals surface area contributed by atoms with Gasteiger partial charge >= 0.3 is 12.5 Å². The molecule has 0 spiro atoms. The molecule has 0 N–H and O–H groups in total. The minimum atomic E-state index is -2.62. The van der Waals surface area contributed by atoms with Crippen molar-refractivity contribution in [2.24, 2.45) is 0 Å². The van der Waals surface area contributed by atoms with Crippen LogP contribution < -0.4 is 0 Å². The van der Waals surface area contributed by atoms with Gasteiger partial charge in [-0.3, -0.25) is 14.3 Å². The van der Waals surface area contributed by atoms with Crippen molar-refractivity contribution in [3.8, 4) is 0 Å². The van der Waals surface area contributed by atoms with Gasteiger partial charge in [0.25, 0.3) is 0 Å². The van der Waals surface area contributed by atoms with Gasteiger partial charge in [-0.05, 0) is 13.5 Å². The number of esters is 1. The van der Waals surface area contributed by atoms with Gasteiger partial charge in [0.1, 0.15) is 5.82 Å². The Kier molecular flexibility index (Phi) is 5.70. The smallest absolute Gasteiger partial charge is 0.320 e. The monoisotopic (exact) mass is 261 g/mol. The Morgan fingerprint density at radius 2 is 2.28 bits per heavy atom. The Bertz CT molecular complexity index is 382. The van der Waals surface area contributed by atoms with Crippen molar-refractivity contribution in [1.82, 2.24) is 14.5 Å². The van der Waals surface area contributed by atoms with Crippen LogP contribution in [0.5, 0.6) is 0 Å². The predicted octanol–water partition coefficient (Wildman–Crippen LogP) is 1.66. The van der Waals surface area contributed by atoms with Gasteiger partial charge in [-0.2, -0.15) is 8.78 Å². The van der Waals surface area contributed by atoms with E-state index in [0.29, 0.717) is 13.2 Å². The molecule has 0 radical (unpaired) electrons. The number of likely N-dealkylation sites (N-methyl/N-ethyl adjacent to an activating group) is 1. The van der Waals surface area contributed by atoms with Crippen LogP contribution in [0.25, 0.3) is 0 Å². The number of carbonyl (C=O) groups is 1. The molecule has 0 atom stereocenters. The van der Waals surface area contributed by atoms with Gasteiger partial charge in [-0.25, -0.2) is 4.98 Å². The van der Waals surface area contributed by atoms with Crippen LogP contribution in [0.2, 0.25) is 0 Å². The summed E-state index contributed by atoms with van der Waals surface area (Å²) in [4.78, 5) is 16.9. The first kappa shape index (κ1) is 14.6. The first-order valence-electron chi connectivity index (χ1n) is 5.76. The maximum absolute atomic E-state index is 12.6. The van der Waals surface area contributed by atoms with Crippen LogP contribution in [0.15, 0.2) is 12.4 Å². The minimum Gasteiger partial charge on any atom is -0.465 e. The highest BCUT2D eigenvalue weighted by Gasteiger charge is 2.16. The lowest BCUT2D eigenvalue weighted by atomic mass is 10.4. The first-order chi connectivity index (χ1) is 8.58. The molecule has 7 heteroatoms. The highest BCUT2D eigenvalue weighted by Crippen LogP contribution is 2.13. The number of aromatic nitrogens is 2. The summed E-state index contributed by atoms with van der Waals surface area (Å²) in [5.41, 5.74) is 0. The number of carbonyl (C=O) groups excluding carboxylic acids is 1. The fraction of sp³-hybridized carbons (Fsp3) is 0.636. The van der Waals surface area contributed by atoms with Crippen LogP contribution in [0.1, 0.15) is 26.2 Å². The summed E-state index contributed by atoms with van der Waals surface area (Å²) in [7, 11) is 0. The summed E-state index contributed by atoms with van der Waals surface area (Å²) in [6.45, 7) is 2.06. The third-order valence-electron chi connectivity index (χ3n) is 2.43. The molecule has 1 heterocycles. The zero-order chi connectivity index (χ0) is 13.5. The van der Waals surface area contributed by atoms with Crippen molar-refractivity contribution in [3.05, 3.63) is 18.2 Å². The molecule has 0 fully saturated rings. The number of ether oxygens (including phenoxy) is 1. The average Bonchev–Trinajstić information content (AvgIpc) is 2.76. The Hall–Kier alpha value is -1.50. The normalized spacial score (nSPS) is 11.2. The molecule has 1 rings (SSSR count). The summed E-state index contributed by atoms with van der Waals surface area (Å²) in [5, 5.41) is 0. The molecule has 0 aliphatic rings. The third-order valence-corrected chi connectivity index (χ3v) is 2.43. The van der Waals surface area contributed by atoms with Crippen molar-refractivity contribution in [1.29, 1.82) is 0 Å². The largest absolute Gasteiger partial charge is 0.465 e. The molecule has 18 heavy (non-hydrogen) atoms. The number of alkyl halides is 2. The Morgan fingerprint density at radius 1 is 1.56 bits per heavy atom. The second-order valence-corrected chi connectivity index (χ2v) is 3.64. The van der Waals surface area contributed by atoms with Gasteiger partial charge in [-0.15, -0.1) is 0 Å². The second-order valence-electron chi connectivity index (χ2n) is 3.64. The van der Waals surface area contributed by atoms with Gasteiger partial charge in [0.2, 0.25) is 0 Å². The van der Waals surface area contributed by atoms with E-state index in [0.717, 1.165) is 4.57 Å². The lowest BCUT2D eigenvalue weighted by Gasteiger charge is -2.19. The van der Waals surface area contributed by atoms with Crippen molar-refractivity contribution < 1.29 is 18.3 Å². The quantitative estimate of drug-likeness (QED) is 0.700. The highest BCUT2D eigenvalue weighted by molar-refractivity contribution is 5.71. The molecule has 0 bridgehead atoms. The molecule has 0 saturated carbocycles. The predicted molar refractivity (Wildman–Crippen MR) is 61.1 cm³/mol. The van der Waals surface area contributed by atoms with Crippen LogP contribution in [0, 0.1) is 0 Å². The first-order valence-corrected chi connectivity index (χ1v) is 5.76. The van der Waals surface area contributed by atoms with E-state index in [1.165, 1.54) is 12.4 Å².